The van der Waals surface area contributed by atoms with Crippen molar-refractivity contribution in [1.29, 1.82) is 0 Å². The molecular weight excluding hydrogens is 314 g/mol. The number of piperazine rings is 1. The van der Waals surface area contributed by atoms with E-state index in [1.165, 1.54) is 0 Å². The van der Waals surface area contributed by atoms with Gasteiger partial charge in [-0.1, -0.05) is 39.0 Å². The first-order valence-corrected chi connectivity index (χ1v) is 9.41. The molecule has 0 radical (unpaired) electrons. The highest BCUT2D eigenvalue weighted by Crippen LogP contribution is 2.27. The fourth-order valence-electron chi connectivity index (χ4n) is 3.83. The molecule has 0 saturated carbocycles. The molecule has 0 aromatic heterocycles. The minimum atomic E-state index is -0.354. The summed E-state index contributed by atoms with van der Waals surface area (Å²) in [4.78, 5) is 32.2. The number of carbonyl (C=O) groups excluding carboxylic acids is 2. The van der Waals surface area contributed by atoms with E-state index in [0.29, 0.717) is 18.9 Å². The summed E-state index contributed by atoms with van der Waals surface area (Å²) in [6.07, 6.45) is 0.715. The van der Waals surface area contributed by atoms with Crippen LogP contribution in [-0.4, -0.2) is 65.3 Å². The second kappa shape index (κ2) is 7.56. The SMILES string of the molecule is CCN1CCN(C(=O)[C@H](CC(C)C)N2Cc3ccccc3C2=O)CC1. The Hall–Kier alpha value is -1.88. The average molecular weight is 343 g/mol. The van der Waals surface area contributed by atoms with Gasteiger partial charge in [0.1, 0.15) is 6.04 Å². The molecular formula is C20H29N3O2. The summed E-state index contributed by atoms with van der Waals surface area (Å²) < 4.78 is 0. The lowest BCUT2D eigenvalue weighted by atomic mass is 10.0. The Morgan fingerprint density at radius 3 is 2.40 bits per heavy atom. The van der Waals surface area contributed by atoms with Crippen LogP contribution >= 0.6 is 0 Å². The van der Waals surface area contributed by atoms with Crippen LogP contribution < -0.4 is 0 Å². The zero-order valence-electron chi connectivity index (χ0n) is 15.6. The van der Waals surface area contributed by atoms with Gasteiger partial charge in [-0.15, -0.1) is 0 Å². The highest BCUT2D eigenvalue weighted by molar-refractivity contribution is 6.01. The van der Waals surface area contributed by atoms with Gasteiger partial charge in [0.05, 0.1) is 0 Å². The van der Waals surface area contributed by atoms with Gasteiger partial charge < -0.3 is 14.7 Å². The van der Waals surface area contributed by atoms with Crippen molar-refractivity contribution in [1.82, 2.24) is 14.7 Å². The molecule has 0 unspecified atom stereocenters. The first kappa shape index (κ1) is 17.9. The number of benzene rings is 1. The van der Waals surface area contributed by atoms with Crippen LogP contribution in [0.4, 0.5) is 0 Å². The maximum absolute atomic E-state index is 13.2. The molecule has 1 fully saturated rings. The van der Waals surface area contributed by atoms with Gasteiger partial charge in [0.15, 0.2) is 0 Å². The lowest BCUT2D eigenvalue weighted by molar-refractivity contribution is -0.138. The molecule has 3 rings (SSSR count). The molecule has 136 valence electrons. The second-order valence-corrected chi connectivity index (χ2v) is 7.50. The standard InChI is InChI=1S/C20H29N3O2/c1-4-21-9-11-22(12-10-21)20(25)18(13-15(2)3)23-14-16-7-5-6-8-17(16)19(23)24/h5-8,15,18H,4,9-14H2,1-3H3/t18-/m0/s1. The summed E-state index contributed by atoms with van der Waals surface area (Å²) in [6.45, 7) is 11.3. The van der Waals surface area contributed by atoms with Crippen LogP contribution in [0.1, 0.15) is 43.1 Å². The molecule has 2 aliphatic rings. The van der Waals surface area contributed by atoms with E-state index in [9.17, 15) is 9.59 Å². The Morgan fingerprint density at radius 1 is 1.12 bits per heavy atom. The Labute approximate surface area is 150 Å². The minimum absolute atomic E-state index is 0.00166. The van der Waals surface area contributed by atoms with Crippen LogP contribution in [0.15, 0.2) is 24.3 Å². The Bertz CT molecular complexity index is 636. The van der Waals surface area contributed by atoms with Crippen molar-refractivity contribution in [2.75, 3.05) is 32.7 Å². The number of nitrogens with zero attached hydrogens (tertiary/aromatic N) is 3. The summed E-state index contributed by atoms with van der Waals surface area (Å²) in [6, 6.07) is 7.36. The number of hydrogen-bond donors (Lipinski definition) is 0. The van der Waals surface area contributed by atoms with Crippen molar-refractivity contribution in [3.63, 3.8) is 0 Å². The quantitative estimate of drug-likeness (QED) is 0.823. The molecule has 5 heteroatoms. The molecule has 1 aromatic rings. The molecule has 2 heterocycles. The minimum Gasteiger partial charge on any atom is -0.338 e. The highest BCUT2D eigenvalue weighted by Gasteiger charge is 2.38. The maximum atomic E-state index is 13.2. The number of amides is 2. The molecule has 5 nitrogen and oxygen atoms in total. The van der Waals surface area contributed by atoms with Crippen LogP contribution in [0.2, 0.25) is 0 Å². The Kier molecular flexibility index (Phi) is 5.42. The normalized spacial score (nSPS) is 19.4. The van der Waals surface area contributed by atoms with E-state index in [1.807, 2.05) is 29.2 Å². The van der Waals surface area contributed by atoms with Crippen molar-refractivity contribution >= 4 is 11.8 Å². The first-order valence-electron chi connectivity index (χ1n) is 9.41. The molecule has 0 spiro atoms. The van der Waals surface area contributed by atoms with Gasteiger partial charge in [0.25, 0.3) is 5.91 Å². The Balaban J connectivity index is 1.77. The van der Waals surface area contributed by atoms with E-state index in [4.69, 9.17) is 0 Å². The third-order valence-electron chi connectivity index (χ3n) is 5.34. The van der Waals surface area contributed by atoms with Gasteiger partial charge in [-0.2, -0.15) is 0 Å². The topological polar surface area (TPSA) is 43.9 Å². The van der Waals surface area contributed by atoms with Gasteiger partial charge in [0.2, 0.25) is 5.91 Å². The lowest BCUT2D eigenvalue weighted by Gasteiger charge is -2.38. The summed E-state index contributed by atoms with van der Waals surface area (Å²) in [7, 11) is 0. The third kappa shape index (κ3) is 3.71. The lowest BCUT2D eigenvalue weighted by Crippen LogP contribution is -2.55. The number of fused-ring (bicyclic) bond motifs is 1. The molecule has 0 bridgehead atoms. The molecule has 1 atom stereocenters. The second-order valence-electron chi connectivity index (χ2n) is 7.50. The van der Waals surface area contributed by atoms with Crippen LogP contribution in [0.5, 0.6) is 0 Å². The van der Waals surface area contributed by atoms with Crippen molar-refractivity contribution in [3.8, 4) is 0 Å². The van der Waals surface area contributed by atoms with E-state index in [-0.39, 0.29) is 17.9 Å². The fourth-order valence-corrected chi connectivity index (χ4v) is 3.83. The van der Waals surface area contributed by atoms with E-state index in [1.54, 1.807) is 4.90 Å². The number of hydrogen-bond acceptors (Lipinski definition) is 3. The van der Waals surface area contributed by atoms with Crippen molar-refractivity contribution < 1.29 is 9.59 Å². The fraction of sp³-hybridized carbons (Fsp3) is 0.600. The van der Waals surface area contributed by atoms with Crippen LogP contribution in [0.25, 0.3) is 0 Å². The van der Waals surface area contributed by atoms with E-state index in [2.05, 4.69) is 25.7 Å². The van der Waals surface area contributed by atoms with Gasteiger partial charge in [-0.3, -0.25) is 9.59 Å². The monoisotopic (exact) mass is 343 g/mol. The van der Waals surface area contributed by atoms with E-state index < -0.39 is 0 Å². The molecule has 0 N–H and O–H groups in total. The maximum Gasteiger partial charge on any atom is 0.255 e. The van der Waals surface area contributed by atoms with E-state index >= 15 is 0 Å². The summed E-state index contributed by atoms with van der Waals surface area (Å²) >= 11 is 0. The van der Waals surface area contributed by atoms with Gasteiger partial charge >= 0.3 is 0 Å². The predicted octanol–water partition coefficient (Wildman–Crippen LogP) is 2.22. The highest BCUT2D eigenvalue weighted by atomic mass is 16.2. The molecule has 2 aliphatic heterocycles. The van der Waals surface area contributed by atoms with Crippen molar-refractivity contribution in [2.45, 2.75) is 39.8 Å². The van der Waals surface area contributed by atoms with Gasteiger partial charge in [-0.25, -0.2) is 0 Å². The average Bonchev–Trinajstić information content (AvgIpc) is 2.96. The molecule has 0 aliphatic carbocycles. The molecule has 1 aromatic carbocycles. The van der Waals surface area contributed by atoms with Gasteiger partial charge in [0, 0.05) is 38.3 Å². The summed E-state index contributed by atoms with van der Waals surface area (Å²) in [5.74, 6) is 0.481. The number of rotatable bonds is 5. The smallest absolute Gasteiger partial charge is 0.255 e. The van der Waals surface area contributed by atoms with Gasteiger partial charge in [-0.05, 0) is 30.5 Å². The summed E-state index contributed by atoms with van der Waals surface area (Å²) in [5, 5.41) is 0. The number of likely N-dealkylation sites (N-methyl/N-ethyl adjacent to an activating group) is 1. The van der Waals surface area contributed by atoms with Crippen molar-refractivity contribution in [3.05, 3.63) is 35.4 Å². The van der Waals surface area contributed by atoms with Crippen LogP contribution in [-0.2, 0) is 11.3 Å². The van der Waals surface area contributed by atoms with Crippen molar-refractivity contribution in [2.24, 2.45) is 5.92 Å². The molecule has 1 saturated heterocycles. The first-order chi connectivity index (χ1) is 12.0. The van der Waals surface area contributed by atoms with Crippen LogP contribution in [0.3, 0.4) is 0 Å². The van der Waals surface area contributed by atoms with E-state index in [0.717, 1.165) is 43.9 Å². The van der Waals surface area contributed by atoms with Crippen LogP contribution in [0, 0.1) is 5.92 Å². The molecule has 2 amide bonds. The summed E-state index contributed by atoms with van der Waals surface area (Å²) in [5.41, 5.74) is 1.78. The zero-order chi connectivity index (χ0) is 18.0. The number of carbonyl (C=O) groups is 2. The third-order valence-corrected chi connectivity index (χ3v) is 5.34. The Morgan fingerprint density at radius 2 is 1.80 bits per heavy atom. The largest absolute Gasteiger partial charge is 0.338 e. The predicted molar refractivity (Wildman–Crippen MR) is 98.3 cm³/mol. The molecule has 25 heavy (non-hydrogen) atoms. The zero-order valence-corrected chi connectivity index (χ0v) is 15.6.